The maximum absolute atomic E-state index is 3.76. The minimum Gasteiger partial charge on any atom is -0.0632 e. The summed E-state index contributed by atoms with van der Waals surface area (Å²) >= 11 is 0. The topological polar surface area (TPSA) is 0 Å². The van der Waals surface area contributed by atoms with Gasteiger partial charge in [-0.3, -0.25) is 0 Å². The molecule has 0 heterocycles. The molecule has 0 amide bonds. The van der Waals surface area contributed by atoms with Crippen molar-refractivity contribution in [1.82, 2.24) is 0 Å². The Balaban J connectivity index is 2.48. The van der Waals surface area contributed by atoms with Crippen LogP contribution < -0.4 is 5.19 Å². The monoisotopic (exact) mass is 255 g/mol. The van der Waals surface area contributed by atoms with Gasteiger partial charge in [-0.2, -0.15) is 0 Å². The summed E-state index contributed by atoms with van der Waals surface area (Å²) in [4.78, 5) is 0. The summed E-state index contributed by atoms with van der Waals surface area (Å²) in [6, 6.07) is 23.7. The third-order valence-corrected chi connectivity index (χ3v) is 4.18. The molecule has 0 aliphatic heterocycles. The molecule has 0 N–H and O–H groups in total. The van der Waals surface area contributed by atoms with Crippen LogP contribution in [0.3, 0.4) is 0 Å². The molecule has 87 valence electrons. The summed E-state index contributed by atoms with van der Waals surface area (Å²) in [7, 11) is 3.76. The van der Waals surface area contributed by atoms with Crippen LogP contribution in [0.1, 0.15) is 0 Å². The lowest BCUT2D eigenvalue weighted by molar-refractivity contribution is 1.79. The molecule has 0 saturated heterocycles. The first-order chi connectivity index (χ1) is 9.36. The largest absolute Gasteiger partial charge is 0.0720 e. The van der Waals surface area contributed by atoms with E-state index in [0.717, 1.165) is 5.19 Å². The second kappa shape index (κ2) is 3.94. The lowest BCUT2D eigenvalue weighted by atomic mass is 9.94. The van der Waals surface area contributed by atoms with E-state index in [2.05, 4.69) is 77.0 Å². The van der Waals surface area contributed by atoms with E-state index in [4.69, 9.17) is 0 Å². The maximum Gasteiger partial charge on any atom is 0.0720 e. The van der Waals surface area contributed by atoms with Gasteiger partial charge in [-0.15, -0.1) is 0 Å². The third-order valence-electron chi connectivity index (χ3n) is 3.77. The van der Waals surface area contributed by atoms with Crippen LogP contribution in [-0.2, 0) is 0 Å². The van der Waals surface area contributed by atoms with Gasteiger partial charge in [0.05, 0.1) is 10.2 Å². The number of rotatable bonds is 0. The van der Waals surface area contributed by atoms with Gasteiger partial charge < -0.3 is 0 Å². The molecule has 19 heavy (non-hydrogen) atoms. The summed E-state index contributed by atoms with van der Waals surface area (Å²) in [5, 5.41) is 9.02. The lowest BCUT2D eigenvalue weighted by Gasteiger charge is -2.11. The van der Waals surface area contributed by atoms with Crippen molar-refractivity contribution >= 4 is 47.7 Å². The van der Waals surface area contributed by atoms with Gasteiger partial charge in [0.1, 0.15) is 0 Å². The summed E-state index contributed by atoms with van der Waals surface area (Å²) in [6.07, 6.45) is 0. The lowest BCUT2D eigenvalue weighted by Crippen LogP contribution is -2.03. The molecule has 0 spiro atoms. The molecule has 3 radical (unpaired) electrons. The maximum atomic E-state index is 3.76. The van der Waals surface area contributed by atoms with E-state index in [9.17, 15) is 0 Å². The van der Waals surface area contributed by atoms with Crippen LogP contribution in [0.25, 0.3) is 32.3 Å². The Morgan fingerprint density at radius 1 is 0.474 bits per heavy atom. The van der Waals surface area contributed by atoms with Gasteiger partial charge in [0.15, 0.2) is 0 Å². The summed E-state index contributed by atoms with van der Waals surface area (Å²) < 4.78 is 0. The van der Waals surface area contributed by atoms with E-state index in [-0.39, 0.29) is 0 Å². The van der Waals surface area contributed by atoms with Crippen molar-refractivity contribution in [3.63, 3.8) is 0 Å². The number of hydrogen-bond acceptors (Lipinski definition) is 0. The molecule has 0 atom stereocenters. The molecule has 0 fully saturated rings. The van der Waals surface area contributed by atoms with Crippen LogP contribution in [-0.4, -0.2) is 10.2 Å². The average Bonchev–Trinajstić information content (AvgIpc) is 2.47. The molecule has 0 aromatic heterocycles. The van der Waals surface area contributed by atoms with Crippen molar-refractivity contribution in [2.45, 2.75) is 0 Å². The van der Waals surface area contributed by atoms with Crippen molar-refractivity contribution in [2.75, 3.05) is 0 Å². The van der Waals surface area contributed by atoms with Crippen molar-refractivity contribution in [2.24, 2.45) is 0 Å². The van der Waals surface area contributed by atoms with Gasteiger partial charge in [-0.25, -0.2) is 0 Å². The predicted molar refractivity (Wildman–Crippen MR) is 84.3 cm³/mol. The molecule has 4 rings (SSSR count). The molecule has 0 aliphatic carbocycles. The van der Waals surface area contributed by atoms with Crippen LogP contribution in [0.5, 0.6) is 0 Å². The molecule has 0 unspecified atom stereocenters. The Hall–Kier alpha value is -2.12. The van der Waals surface area contributed by atoms with E-state index >= 15 is 0 Å². The van der Waals surface area contributed by atoms with Crippen molar-refractivity contribution < 1.29 is 0 Å². The normalized spacial score (nSPS) is 11.4. The Labute approximate surface area is 115 Å². The fourth-order valence-electron chi connectivity index (χ4n) is 2.96. The van der Waals surface area contributed by atoms with Crippen LogP contribution in [0.2, 0.25) is 0 Å². The van der Waals surface area contributed by atoms with Crippen molar-refractivity contribution in [1.29, 1.82) is 0 Å². The Kier molecular flexibility index (Phi) is 2.23. The molecule has 0 bridgehead atoms. The fourth-order valence-corrected chi connectivity index (χ4v) is 3.32. The van der Waals surface area contributed by atoms with Gasteiger partial charge in [-0.1, -0.05) is 71.9 Å². The van der Waals surface area contributed by atoms with E-state index in [0.29, 0.717) is 0 Å². The minimum absolute atomic E-state index is 1.15. The zero-order valence-corrected chi connectivity index (χ0v) is 11.4. The highest BCUT2D eigenvalue weighted by Gasteiger charge is 2.08. The third kappa shape index (κ3) is 1.45. The predicted octanol–water partition coefficient (Wildman–Crippen LogP) is 3.94. The molecular formula is C18H11Si. The Morgan fingerprint density at radius 3 is 1.47 bits per heavy atom. The van der Waals surface area contributed by atoms with Crippen molar-refractivity contribution in [3.8, 4) is 0 Å². The SMILES string of the molecule is [Si]c1cccc2c3ccccc3c3ccccc3c12. The number of fused-ring (bicyclic) bond motifs is 6. The summed E-state index contributed by atoms with van der Waals surface area (Å²) in [6.45, 7) is 0. The van der Waals surface area contributed by atoms with Gasteiger partial charge in [0.25, 0.3) is 0 Å². The second-order valence-electron chi connectivity index (χ2n) is 4.82. The first-order valence-electron chi connectivity index (χ1n) is 6.40. The molecule has 0 aliphatic rings. The van der Waals surface area contributed by atoms with Crippen LogP contribution in [0.4, 0.5) is 0 Å². The standard InChI is InChI=1S/C18H11Si/c19-17-11-5-10-16-14-7-2-1-6-12(14)13-8-3-4-9-15(13)18(16)17/h1-11H. The number of hydrogen-bond donors (Lipinski definition) is 0. The second-order valence-corrected chi connectivity index (χ2v) is 5.36. The molecule has 0 saturated carbocycles. The fraction of sp³-hybridized carbons (Fsp3) is 0. The van der Waals surface area contributed by atoms with Crippen LogP contribution >= 0.6 is 0 Å². The van der Waals surface area contributed by atoms with E-state index in [1.54, 1.807) is 0 Å². The van der Waals surface area contributed by atoms with Gasteiger partial charge >= 0.3 is 0 Å². The van der Waals surface area contributed by atoms with E-state index < -0.39 is 0 Å². The smallest absolute Gasteiger partial charge is 0.0632 e. The Morgan fingerprint density at radius 2 is 0.895 bits per heavy atom. The van der Waals surface area contributed by atoms with Gasteiger partial charge in [0, 0.05) is 0 Å². The highest BCUT2D eigenvalue weighted by atomic mass is 28.1. The molecular weight excluding hydrogens is 244 g/mol. The van der Waals surface area contributed by atoms with E-state index in [1.165, 1.54) is 32.3 Å². The quantitative estimate of drug-likeness (QED) is 0.330. The average molecular weight is 255 g/mol. The first kappa shape index (κ1) is 10.8. The van der Waals surface area contributed by atoms with Crippen molar-refractivity contribution in [3.05, 3.63) is 66.7 Å². The van der Waals surface area contributed by atoms with Gasteiger partial charge in [0.2, 0.25) is 0 Å². The molecule has 4 aromatic rings. The number of benzene rings is 4. The summed E-state index contributed by atoms with van der Waals surface area (Å²) in [5.74, 6) is 0. The zero-order chi connectivity index (χ0) is 12.8. The molecule has 4 aromatic carbocycles. The minimum atomic E-state index is 1.15. The van der Waals surface area contributed by atoms with E-state index in [1.807, 2.05) is 0 Å². The summed E-state index contributed by atoms with van der Waals surface area (Å²) in [5.41, 5.74) is 0. The van der Waals surface area contributed by atoms with Gasteiger partial charge in [-0.05, 0) is 32.3 Å². The highest BCUT2D eigenvalue weighted by molar-refractivity contribution is 6.44. The van der Waals surface area contributed by atoms with Crippen LogP contribution in [0, 0.1) is 0 Å². The van der Waals surface area contributed by atoms with Crippen LogP contribution in [0.15, 0.2) is 66.7 Å². The highest BCUT2D eigenvalue weighted by Crippen LogP contribution is 2.33. The molecule has 1 heteroatoms. The first-order valence-corrected chi connectivity index (χ1v) is 6.90. The molecule has 0 nitrogen and oxygen atoms in total. The zero-order valence-electron chi connectivity index (χ0n) is 10.4. The Bertz CT molecular complexity index is 877.